The Morgan fingerprint density at radius 1 is 1.29 bits per heavy atom. The maximum Gasteiger partial charge on any atom is 0.387 e. The highest BCUT2D eigenvalue weighted by atomic mass is 32.2. The predicted molar refractivity (Wildman–Crippen MR) is 78.6 cm³/mol. The van der Waals surface area contributed by atoms with Gasteiger partial charge in [-0.3, -0.25) is 4.79 Å². The topological polar surface area (TPSA) is 98.8 Å². The van der Waals surface area contributed by atoms with Crippen molar-refractivity contribution >= 4 is 21.7 Å². The molecule has 0 saturated carbocycles. The van der Waals surface area contributed by atoms with Crippen LogP contribution in [0.15, 0.2) is 24.3 Å². The van der Waals surface area contributed by atoms with Crippen molar-refractivity contribution in [1.82, 2.24) is 5.32 Å². The Hall–Kier alpha value is -2.23. The number of halogens is 2. The first kappa shape index (κ1) is 18.1. The zero-order valence-corrected chi connectivity index (χ0v) is 13.2. The highest BCUT2D eigenvalue weighted by Gasteiger charge is 2.29. The summed E-state index contributed by atoms with van der Waals surface area (Å²) in [6.07, 6.45) is 0.299. The molecule has 0 unspecified atom stereocenters. The standard InChI is InChI=1S/C14H15F2NO6S/c15-14(16)23-11-4-2-1-3-10(11)13(19)22-7-12(18)17-9-5-6-24(20,21)8-9/h1-4,9,14H,5-8H2,(H,17,18)/t9-/m1/s1. The third kappa shape index (κ3) is 5.15. The fourth-order valence-electron chi connectivity index (χ4n) is 2.22. The van der Waals surface area contributed by atoms with Gasteiger partial charge in [-0.25, -0.2) is 13.2 Å². The van der Waals surface area contributed by atoms with Crippen LogP contribution in [0.4, 0.5) is 8.78 Å². The van der Waals surface area contributed by atoms with Gasteiger partial charge >= 0.3 is 12.6 Å². The summed E-state index contributed by atoms with van der Waals surface area (Å²) in [5, 5.41) is 2.44. The van der Waals surface area contributed by atoms with Crippen LogP contribution in [0.3, 0.4) is 0 Å². The number of benzene rings is 1. The molecule has 0 aromatic heterocycles. The van der Waals surface area contributed by atoms with E-state index in [1.54, 1.807) is 0 Å². The second-order valence-electron chi connectivity index (χ2n) is 5.12. The number of sulfone groups is 1. The minimum Gasteiger partial charge on any atom is -0.452 e. The molecule has 0 bridgehead atoms. The van der Waals surface area contributed by atoms with Gasteiger partial charge < -0.3 is 14.8 Å². The molecule has 1 N–H and O–H groups in total. The van der Waals surface area contributed by atoms with Gasteiger partial charge in [0.15, 0.2) is 16.4 Å². The second kappa shape index (κ2) is 7.56. The van der Waals surface area contributed by atoms with Gasteiger partial charge in [0, 0.05) is 6.04 Å². The monoisotopic (exact) mass is 363 g/mol. The molecule has 0 spiro atoms. The number of carbonyl (C=O) groups excluding carboxylic acids is 2. The molecule has 2 rings (SSSR count). The van der Waals surface area contributed by atoms with Crippen LogP contribution in [-0.4, -0.2) is 51.1 Å². The third-order valence-corrected chi connectivity index (χ3v) is 5.02. The van der Waals surface area contributed by atoms with Gasteiger partial charge in [-0.1, -0.05) is 12.1 Å². The van der Waals surface area contributed by atoms with Crippen LogP contribution in [0.2, 0.25) is 0 Å². The number of hydrogen-bond acceptors (Lipinski definition) is 6. The summed E-state index contributed by atoms with van der Waals surface area (Å²) >= 11 is 0. The van der Waals surface area contributed by atoms with E-state index in [2.05, 4.69) is 10.1 Å². The number of alkyl halides is 2. The molecule has 1 atom stereocenters. The molecule has 1 aliphatic heterocycles. The van der Waals surface area contributed by atoms with Crippen LogP contribution in [-0.2, 0) is 19.4 Å². The van der Waals surface area contributed by atoms with Crippen LogP contribution in [0.25, 0.3) is 0 Å². The smallest absolute Gasteiger partial charge is 0.387 e. The summed E-state index contributed by atoms with van der Waals surface area (Å²) < 4.78 is 56.1. The van der Waals surface area contributed by atoms with Gasteiger partial charge in [0.05, 0.1) is 11.5 Å². The molecule has 24 heavy (non-hydrogen) atoms. The Bertz CT molecular complexity index is 722. The Kier molecular flexibility index (Phi) is 5.71. The summed E-state index contributed by atoms with van der Waals surface area (Å²) in [6.45, 7) is -3.76. The largest absolute Gasteiger partial charge is 0.452 e. The fraction of sp³-hybridized carbons (Fsp3) is 0.429. The summed E-state index contributed by atoms with van der Waals surface area (Å²) in [5.74, 6) is -2.19. The summed E-state index contributed by atoms with van der Waals surface area (Å²) in [4.78, 5) is 23.5. The Morgan fingerprint density at radius 3 is 2.62 bits per heavy atom. The lowest BCUT2D eigenvalue weighted by atomic mass is 10.2. The number of amides is 1. The molecule has 0 radical (unpaired) electrons. The van der Waals surface area contributed by atoms with Gasteiger partial charge in [0.25, 0.3) is 5.91 Å². The summed E-state index contributed by atoms with van der Waals surface area (Å²) in [5.41, 5.74) is -0.242. The van der Waals surface area contributed by atoms with Gasteiger partial charge in [-0.15, -0.1) is 0 Å². The van der Waals surface area contributed by atoms with Crippen LogP contribution in [0, 0.1) is 0 Å². The molecule has 1 amide bonds. The SMILES string of the molecule is O=C(COC(=O)c1ccccc1OC(F)F)N[C@@H]1CCS(=O)(=O)C1. The highest BCUT2D eigenvalue weighted by Crippen LogP contribution is 2.21. The number of nitrogens with one attached hydrogen (secondary N) is 1. The maximum absolute atomic E-state index is 12.3. The average Bonchev–Trinajstić information content (AvgIpc) is 2.83. The number of rotatable bonds is 6. The van der Waals surface area contributed by atoms with E-state index < -0.39 is 41.0 Å². The van der Waals surface area contributed by atoms with Gasteiger partial charge in [0.2, 0.25) is 0 Å². The van der Waals surface area contributed by atoms with Crippen molar-refractivity contribution in [2.45, 2.75) is 19.1 Å². The number of hydrogen-bond donors (Lipinski definition) is 1. The first-order valence-corrected chi connectivity index (χ1v) is 8.80. The van der Waals surface area contributed by atoms with E-state index in [-0.39, 0.29) is 22.8 Å². The number of para-hydroxylation sites is 1. The molecule has 1 heterocycles. The lowest BCUT2D eigenvalue weighted by molar-refractivity contribution is -0.124. The molecule has 7 nitrogen and oxygen atoms in total. The molecular weight excluding hydrogens is 348 g/mol. The molecule has 1 fully saturated rings. The third-order valence-electron chi connectivity index (χ3n) is 3.25. The molecule has 1 saturated heterocycles. The van der Waals surface area contributed by atoms with Crippen molar-refractivity contribution in [3.05, 3.63) is 29.8 Å². The highest BCUT2D eigenvalue weighted by molar-refractivity contribution is 7.91. The minimum atomic E-state index is -3.14. The predicted octanol–water partition coefficient (Wildman–Crippen LogP) is 0.748. The second-order valence-corrected chi connectivity index (χ2v) is 7.35. The van der Waals surface area contributed by atoms with Crippen LogP contribution < -0.4 is 10.1 Å². The number of esters is 1. The van der Waals surface area contributed by atoms with E-state index in [0.717, 1.165) is 0 Å². The van der Waals surface area contributed by atoms with E-state index in [0.29, 0.717) is 6.42 Å². The molecule has 10 heteroatoms. The van der Waals surface area contributed by atoms with Crippen molar-refractivity contribution in [2.24, 2.45) is 0 Å². The first-order chi connectivity index (χ1) is 11.3. The van der Waals surface area contributed by atoms with Crippen LogP contribution >= 0.6 is 0 Å². The first-order valence-electron chi connectivity index (χ1n) is 6.97. The van der Waals surface area contributed by atoms with E-state index >= 15 is 0 Å². The lowest BCUT2D eigenvalue weighted by Gasteiger charge is -2.12. The molecule has 1 aromatic rings. The molecule has 132 valence electrons. The van der Waals surface area contributed by atoms with Crippen molar-refractivity contribution in [2.75, 3.05) is 18.1 Å². The van der Waals surface area contributed by atoms with Crippen molar-refractivity contribution in [3.8, 4) is 5.75 Å². The van der Waals surface area contributed by atoms with E-state index in [1.165, 1.54) is 24.3 Å². The van der Waals surface area contributed by atoms with E-state index in [9.17, 15) is 26.8 Å². The average molecular weight is 363 g/mol. The Labute approximate surface area is 136 Å². The van der Waals surface area contributed by atoms with Gasteiger partial charge in [-0.2, -0.15) is 8.78 Å². The number of ether oxygens (including phenoxy) is 2. The lowest BCUT2D eigenvalue weighted by Crippen LogP contribution is -2.38. The van der Waals surface area contributed by atoms with Gasteiger partial charge in [0.1, 0.15) is 11.3 Å². The van der Waals surface area contributed by atoms with Crippen molar-refractivity contribution in [3.63, 3.8) is 0 Å². The Morgan fingerprint density at radius 2 is 2.00 bits per heavy atom. The fourth-order valence-corrected chi connectivity index (χ4v) is 3.89. The summed E-state index contributed by atoms with van der Waals surface area (Å²) in [6, 6.07) is 4.71. The molecule has 1 aliphatic rings. The Balaban J connectivity index is 1.88. The minimum absolute atomic E-state index is 0.00389. The van der Waals surface area contributed by atoms with Gasteiger partial charge in [-0.05, 0) is 18.6 Å². The normalized spacial score (nSPS) is 19.0. The quantitative estimate of drug-likeness (QED) is 0.749. The maximum atomic E-state index is 12.3. The molecule has 1 aromatic carbocycles. The number of carbonyl (C=O) groups is 2. The van der Waals surface area contributed by atoms with Crippen LogP contribution in [0.1, 0.15) is 16.8 Å². The molecular formula is C14H15F2NO6S. The zero-order valence-electron chi connectivity index (χ0n) is 12.4. The van der Waals surface area contributed by atoms with E-state index in [1.807, 2.05) is 0 Å². The molecule has 0 aliphatic carbocycles. The van der Waals surface area contributed by atoms with Crippen molar-refractivity contribution < 1.29 is 36.3 Å². The van der Waals surface area contributed by atoms with E-state index in [4.69, 9.17) is 4.74 Å². The van der Waals surface area contributed by atoms with Crippen LogP contribution in [0.5, 0.6) is 5.75 Å². The van der Waals surface area contributed by atoms with Crippen molar-refractivity contribution in [1.29, 1.82) is 0 Å². The summed E-state index contributed by atoms with van der Waals surface area (Å²) in [7, 11) is -3.14. The zero-order chi connectivity index (χ0) is 17.7.